The molecule has 0 aliphatic rings. The van der Waals surface area contributed by atoms with Crippen molar-refractivity contribution in [3.8, 4) is 11.6 Å². The summed E-state index contributed by atoms with van der Waals surface area (Å²) in [6.45, 7) is 0.307. The van der Waals surface area contributed by atoms with Crippen molar-refractivity contribution in [1.82, 2.24) is 9.78 Å². The highest BCUT2D eigenvalue weighted by Crippen LogP contribution is 2.18. The molecule has 1 aromatic heterocycles. The summed E-state index contributed by atoms with van der Waals surface area (Å²) >= 11 is 5.87. The Hall–Kier alpha value is -2.50. The molecular formula is C16H14ClN3O2. The predicted octanol–water partition coefficient (Wildman–Crippen LogP) is 3.91. The average Bonchev–Trinajstić information content (AvgIpc) is 3.03. The summed E-state index contributed by atoms with van der Waals surface area (Å²) in [6, 6.07) is 16.5. The number of aromatic nitrogens is 2. The fraction of sp³-hybridized carbons (Fsp3) is 0.0625. The third kappa shape index (κ3) is 3.21. The van der Waals surface area contributed by atoms with E-state index in [0.29, 0.717) is 23.2 Å². The van der Waals surface area contributed by atoms with E-state index in [2.05, 4.69) is 10.6 Å². The zero-order valence-corrected chi connectivity index (χ0v) is 12.4. The van der Waals surface area contributed by atoms with Gasteiger partial charge in [-0.3, -0.25) is 10.7 Å². The summed E-state index contributed by atoms with van der Waals surface area (Å²) < 4.78 is 7.36. The highest BCUT2D eigenvalue weighted by atomic mass is 35.5. The van der Waals surface area contributed by atoms with Gasteiger partial charge in [-0.15, -0.1) is 5.10 Å². The van der Waals surface area contributed by atoms with Crippen molar-refractivity contribution in [2.45, 2.75) is 6.61 Å². The average molecular weight is 316 g/mol. The molecule has 0 unspecified atom stereocenters. The lowest BCUT2D eigenvalue weighted by Gasteiger charge is -2.08. The first-order chi connectivity index (χ1) is 10.8. The van der Waals surface area contributed by atoms with Gasteiger partial charge in [0.2, 0.25) is 5.88 Å². The van der Waals surface area contributed by atoms with E-state index in [9.17, 15) is 0 Å². The van der Waals surface area contributed by atoms with Crippen molar-refractivity contribution in [3.63, 3.8) is 0 Å². The molecule has 0 fully saturated rings. The van der Waals surface area contributed by atoms with Gasteiger partial charge in [-0.1, -0.05) is 29.8 Å². The zero-order valence-electron chi connectivity index (χ0n) is 11.6. The first-order valence-corrected chi connectivity index (χ1v) is 7.06. The SMILES string of the molecule is ONc1ccccc1COc1ccn(-c2ccc(Cl)cc2)n1. The molecule has 0 saturated heterocycles. The molecule has 1 heterocycles. The van der Waals surface area contributed by atoms with Gasteiger partial charge in [-0.25, -0.2) is 4.68 Å². The lowest BCUT2D eigenvalue weighted by molar-refractivity contribution is 0.290. The Labute approximate surface area is 132 Å². The van der Waals surface area contributed by atoms with E-state index in [1.807, 2.05) is 48.7 Å². The maximum absolute atomic E-state index is 9.05. The minimum Gasteiger partial charge on any atom is -0.472 e. The Kier molecular flexibility index (Phi) is 4.27. The summed E-state index contributed by atoms with van der Waals surface area (Å²) in [6.07, 6.45) is 1.81. The van der Waals surface area contributed by atoms with Gasteiger partial charge in [0.1, 0.15) is 6.61 Å². The zero-order chi connectivity index (χ0) is 15.4. The van der Waals surface area contributed by atoms with Crippen LogP contribution < -0.4 is 10.2 Å². The number of hydrogen-bond acceptors (Lipinski definition) is 4. The third-order valence-corrected chi connectivity index (χ3v) is 3.42. The molecule has 0 bridgehead atoms. The second-order valence-electron chi connectivity index (χ2n) is 4.63. The second kappa shape index (κ2) is 6.51. The summed E-state index contributed by atoms with van der Waals surface area (Å²) in [7, 11) is 0. The van der Waals surface area contributed by atoms with Crippen LogP contribution in [0.5, 0.6) is 5.88 Å². The van der Waals surface area contributed by atoms with Crippen LogP contribution in [-0.4, -0.2) is 15.0 Å². The van der Waals surface area contributed by atoms with E-state index in [1.54, 1.807) is 16.8 Å². The molecule has 3 rings (SSSR count). The Balaban J connectivity index is 1.71. The molecule has 6 heteroatoms. The van der Waals surface area contributed by atoms with Crippen molar-refractivity contribution >= 4 is 17.3 Å². The Morgan fingerprint density at radius 3 is 2.64 bits per heavy atom. The van der Waals surface area contributed by atoms with Crippen LogP contribution in [0.15, 0.2) is 60.8 Å². The van der Waals surface area contributed by atoms with E-state index in [0.717, 1.165) is 11.3 Å². The normalized spacial score (nSPS) is 10.5. The van der Waals surface area contributed by atoms with Gasteiger partial charge in [0.15, 0.2) is 0 Å². The highest BCUT2D eigenvalue weighted by molar-refractivity contribution is 6.30. The largest absolute Gasteiger partial charge is 0.472 e. The van der Waals surface area contributed by atoms with Gasteiger partial charge in [0.25, 0.3) is 0 Å². The lowest BCUT2D eigenvalue weighted by atomic mass is 10.2. The topological polar surface area (TPSA) is 59.3 Å². The maximum Gasteiger partial charge on any atom is 0.233 e. The molecule has 0 amide bonds. The monoisotopic (exact) mass is 315 g/mol. The number of nitrogens with one attached hydrogen (secondary N) is 1. The summed E-state index contributed by atoms with van der Waals surface area (Å²) in [5, 5.41) is 14.1. The fourth-order valence-electron chi connectivity index (χ4n) is 2.03. The molecule has 3 aromatic rings. The smallest absolute Gasteiger partial charge is 0.233 e. The molecule has 0 spiro atoms. The number of ether oxygens (including phenoxy) is 1. The minimum atomic E-state index is 0.307. The Morgan fingerprint density at radius 2 is 1.86 bits per heavy atom. The first-order valence-electron chi connectivity index (χ1n) is 6.69. The molecular weight excluding hydrogens is 302 g/mol. The van der Waals surface area contributed by atoms with E-state index >= 15 is 0 Å². The number of nitrogens with zero attached hydrogens (tertiary/aromatic N) is 2. The standard InChI is InChI=1S/C16H14ClN3O2/c17-13-5-7-14(8-6-13)20-10-9-16(18-20)22-11-12-3-1-2-4-15(12)19-21/h1-10,19,21H,11H2. The molecule has 0 aliphatic heterocycles. The van der Waals surface area contributed by atoms with Crippen LogP contribution in [0, 0.1) is 0 Å². The Morgan fingerprint density at radius 1 is 1.09 bits per heavy atom. The van der Waals surface area contributed by atoms with Crippen LogP contribution in [0.2, 0.25) is 5.02 Å². The molecule has 0 saturated carbocycles. The van der Waals surface area contributed by atoms with Gasteiger partial charge in [-0.2, -0.15) is 0 Å². The molecule has 0 atom stereocenters. The molecule has 2 N–H and O–H groups in total. The molecule has 0 radical (unpaired) electrons. The van der Waals surface area contributed by atoms with Crippen LogP contribution in [0.25, 0.3) is 5.69 Å². The van der Waals surface area contributed by atoms with Crippen LogP contribution in [0.1, 0.15) is 5.56 Å². The van der Waals surface area contributed by atoms with Gasteiger partial charge in [0.05, 0.1) is 11.4 Å². The second-order valence-corrected chi connectivity index (χ2v) is 5.07. The van der Waals surface area contributed by atoms with Crippen molar-refractivity contribution in [2.75, 3.05) is 5.48 Å². The van der Waals surface area contributed by atoms with Crippen LogP contribution in [-0.2, 0) is 6.61 Å². The number of para-hydroxylation sites is 1. The number of benzene rings is 2. The summed E-state index contributed by atoms with van der Waals surface area (Å²) in [5.74, 6) is 0.502. The minimum absolute atomic E-state index is 0.307. The molecule has 2 aromatic carbocycles. The van der Waals surface area contributed by atoms with Crippen LogP contribution in [0.3, 0.4) is 0 Å². The summed E-state index contributed by atoms with van der Waals surface area (Å²) in [5.41, 5.74) is 4.50. The van der Waals surface area contributed by atoms with E-state index in [1.165, 1.54) is 0 Å². The van der Waals surface area contributed by atoms with E-state index in [4.69, 9.17) is 21.5 Å². The number of anilines is 1. The van der Waals surface area contributed by atoms with Gasteiger partial charge in [-0.05, 0) is 30.3 Å². The number of rotatable bonds is 5. The molecule has 112 valence electrons. The number of hydrogen-bond donors (Lipinski definition) is 2. The van der Waals surface area contributed by atoms with Crippen LogP contribution in [0.4, 0.5) is 5.69 Å². The Bertz CT molecular complexity index is 756. The van der Waals surface area contributed by atoms with E-state index < -0.39 is 0 Å². The predicted molar refractivity (Wildman–Crippen MR) is 84.8 cm³/mol. The molecule has 22 heavy (non-hydrogen) atoms. The van der Waals surface area contributed by atoms with Gasteiger partial charge >= 0.3 is 0 Å². The summed E-state index contributed by atoms with van der Waals surface area (Å²) in [4.78, 5) is 0. The van der Waals surface area contributed by atoms with Crippen molar-refractivity contribution in [2.24, 2.45) is 0 Å². The number of halogens is 1. The van der Waals surface area contributed by atoms with Crippen molar-refractivity contribution < 1.29 is 9.94 Å². The van der Waals surface area contributed by atoms with E-state index in [-0.39, 0.29) is 0 Å². The lowest BCUT2D eigenvalue weighted by Crippen LogP contribution is -2.01. The third-order valence-electron chi connectivity index (χ3n) is 3.17. The molecule has 0 aliphatic carbocycles. The van der Waals surface area contributed by atoms with Crippen LogP contribution >= 0.6 is 11.6 Å². The quantitative estimate of drug-likeness (QED) is 0.701. The van der Waals surface area contributed by atoms with Gasteiger partial charge < -0.3 is 4.74 Å². The highest BCUT2D eigenvalue weighted by Gasteiger charge is 2.05. The fourth-order valence-corrected chi connectivity index (χ4v) is 2.15. The van der Waals surface area contributed by atoms with Gasteiger partial charge in [0, 0.05) is 22.8 Å². The first kappa shape index (κ1) is 14.4. The maximum atomic E-state index is 9.05. The van der Waals surface area contributed by atoms with Crippen molar-refractivity contribution in [1.29, 1.82) is 0 Å². The van der Waals surface area contributed by atoms with Crippen molar-refractivity contribution in [3.05, 3.63) is 71.4 Å². The molecule has 5 nitrogen and oxygen atoms in total.